The molecule has 0 unspecified atom stereocenters. The lowest BCUT2D eigenvalue weighted by Crippen LogP contribution is -2.30. The third-order valence-electron chi connectivity index (χ3n) is 7.89. The van der Waals surface area contributed by atoms with Gasteiger partial charge in [-0.05, 0) is 45.3 Å². The van der Waals surface area contributed by atoms with E-state index in [9.17, 15) is 4.57 Å². The molecule has 0 atom stereocenters. The lowest BCUT2D eigenvalue weighted by molar-refractivity contribution is 0.189. The van der Waals surface area contributed by atoms with Crippen molar-refractivity contribution in [3.63, 3.8) is 0 Å². The summed E-state index contributed by atoms with van der Waals surface area (Å²) >= 11 is 0. The molecule has 0 rings (SSSR count). The lowest BCUT2D eigenvalue weighted by atomic mass is 10.1. The first kappa shape index (κ1) is 42.0. The largest absolute Gasteiger partial charge is 0.405 e. The fourth-order valence-corrected chi connectivity index (χ4v) is 6.54. The molecule has 5 N–H and O–H groups in total. The topological polar surface area (TPSA) is 97.6 Å². The predicted molar refractivity (Wildman–Crippen MR) is 184 cm³/mol. The van der Waals surface area contributed by atoms with Gasteiger partial charge >= 0.3 is 7.75 Å². The molecule has 0 aromatic carbocycles. The zero-order chi connectivity index (χ0) is 30.7. The van der Waals surface area contributed by atoms with Crippen molar-refractivity contribution < 1.29 is 13.6 Å². The molecule has 0 amide bonds. The van der Waals surface area contributed by atoms with Crippen LogP contribution in [-0.4, -0.2) is 52.5 Å². The lowest BCUT2D eigenvalue weighted by Gasteiger charge is -2.19. The van der Waals surface area contributed by atoms with Crippen molar-refractivity contribution in [2.75, 3.05) is 52.5 Å². The Bertz CT molecular complexity index is 525. The Morgan fingerprint density at radius 1 is 0.452 bits per heavy atom. The Kier molecular flexibility index (Phi) is 35.5. The standard InChI is InChI=1S/C34H75N4O3P/c1-3-5-7-9-11-13-15-17-19-21-23-33-40-42(39,38-30-26-29-37-32-31-36-28-25-27-35)41-34-24-22-20-18-16-14-12-10-8-6-4-2/h36-37H,3-35H2,1-2H3,(H,38,39). The minimum atomic E-state index is -3.26. The van der Waals surface area contributed by atoms with Crippen LogP contribution in [0.2, 0.25) is 0 Å². The van der Waals surface area contributed by atoms with Gasteiger partial charge in [0.15, 0.2) is 0 Å². The van der Waals surface area contributed by atoms with E-state index in [2.05, 4.69) is 29.6 Å². The van der Waals surface area contributed by atoms with E-state index in [4.69, 9.17) is 14.8 Å². The van der Waals surface area contributed by atoms with E-state index in [0.717, 1.165) is 71.2 Å². The Morgan fingerprint density at radius 3 is 1.19 bits per heavy atom. The van der Waals surface area contributed by atoms with Crippen molar-refractivity contribution in [3.8, 4) is 0 Å². The van der Waals surface area contributed by atoms with Crippen molar-refractivity contribution in [1.29, 1.82) is 0 Å². The number of hydrogen-bond acceptors (Lipinski definition) is 6. The van der Waals surface area contributed by atoms with Gasteiger partial charge in [-0.15, -0.1) is 0 Å². The molecule has 0 bridgehead atoms. The van der Waals surface area contributed by atoms with Crippen molar-refractivity contribution in [1.82, 2.24) is 15.7 Å². The highest BCUT2D eigenvalue weighted by Crippen LogP contribution is 2.44. The molecule has 0 saturated carbocycles. The average Bonchev–Trinajstić information content (AvgIpc) is 2.99. The Morgan fingerprint density at radius 2 is 0.810 bits per heavy atom. The summed E-state index contributed by atoms with van der Waals surface area (Å²) in [5.74, 6) is 0. The highest BCUT2D eigenvalue weighted by atomic mass is 31.2. The number of hydrogen-bond donors (Lipinski definition) is 4. The molecule has 8 heteroatoms. The summed E-state index contributed by atoms with van der Waals surface area (Å²) in [6.45, 7) is 10.6. The van der Waals surface area contributed by atoms with Crippen molar-refractivity contribution in [2.45, 2.75) is 168 Å². The van der Waals surface area contributed by atoms with Crippen LogP contribution in [0.4, 0.5) is 0 Å². The molecule has 0 aliphatic rings. The first-order valence-corrected chi connectivity index (χ1v) is 20.0. The molecule has 7 nitrogen and oxygen atoms in total. The first-order valence-electron chi connectivity index (χ1n) is 18.4. The quantitative estimate of drug-likeness (QED) is 0.0407. The van der Waals surface area contributed by atoms with E-state index in [1.165, 1.54) is 116 Å². The second-order valence-corrected chi connectivity index (χ2v) is 14.0. The second-order valence-electron chi connectivity index (χ2n) is 12.1. The second kappa shape index (κ2) is 35.5. The summed E-state index contributed by atoms with van der Waals surface area (Å²) in [7, 11) is -3.26. The molecular weight excluding hydrogens is 543 g/mol. The summed E-state index contributed by atoms with van der Waals surface area (Å²) in [5.41, 5.74) is 5.52. The summed E-state index contributed by atoms with van der Waals surface area (Å²) in [6.07, 6.45) is 30.3. The fraction of sp³-hybridized carbons (Fsp3) is 1.00. The van der Waals surface area contributed by atoms with Gasteiger partial charge in [-0.3, -0.25) is 9.05 Å². The molecule has 0 radical (unpaired) electrons. The average molecular weight is 619 g/mol. The molecule has 254 valence electrons. The van der Waals surface area contributed by atoms with Crippen LogP contribution >= 0.6 is 7.75 Å². The van der Waals surface area contributed by atoms with Gasteiger partial charge in [-0.2, -0.15) is 0 Å². The molecule has 0 spiro atoms. The summed E-state index contributed by atoms with van der Waals surface area (Å²) in [4.78, 5) is 0. The maximum absolute atomic E-state index is 13.4. The van der Waals surface area contributed by atoms with E-state index in [-0.39, 0.29) is 0 Å². The molecule has 0 aromatic rings. The Hall–Kier alpha value is -0.0100. The summed E-state index contributed by atoms with van der Waals surface area (Å²) in [5, 5.41) is 9.94. The van der Waals surface area contributed by atoms with Gasteiger partial charge in [0, 0.05) is 19.6 Å². The maximum Gasteiger partial charge on any atom is 0.405 e. The molecular formula is C34H75N4O3P. The maximum atomic E-state index is 13.4. The zero-order valence-electron chi connectivity index (χ0n) is 28.4. The highest BCUT2D eigenvalue weighted by Gasteiger charge is 2.23. The van der Waals surface area contributed by atoms with Crippen LogP contribution < -0.4 is 21.5 Å². The molecule has 0 fully saturated rings. The third kappa shape index (κ3) is 32.9. The number of nitrogens with two attached hydrogens (primary N) is 1. The van der Waals surface area contributed by atoms with Crippen LogP contribution in [0.25, 0.3) is 0 Å². The molecule has 0 aliphatic carbocycles. The van der Waals surface area contributed by atoms with Crippen molar-refractivity contribution in [3.05, 3.63) is 0 Å². The molecule has 0 aromatic heterocycles. The Balaban J connectivity index is 4.06. The summed E-state index contributed by atoms with van der Waals surface area (Å²) < 4.78 is 25.2. The van der Waals surface area contributed by atoms with Gasteiger partial charge in [0.2, 0.25) is 0 Å². The molecule has 0 saturated heterocycles. The molecule has 42 heavy (non-hydrogen) atoms. The minimum Gasteiger partial charge on any atom is -0.330 e. The van der Waals surface area contributed by atoms with Gasteiger partial charge in [-0.25, -0.2) is 9.65 Å². The predicted octanol–water partition coefficient (Wildman–Crippen LogP) is 9.26. The zero-order valence-corrected chi connectivity index (χ0v) is 29.3. The SMILES string of the molecule is CCCCCCCCCCCCCOP(=O)(NCCCNCCNCCCN)OCCCCCCCCCCCCC. The summed E-state index contributed by atoms with van der Waals surface area (Å²) in [6, 6.07) is 0. The highest BCUT2D eigenvalue weighted by molar-refractivity contribution is 7.51. The minimum absolute atomic E-state index is 0.506. The van der Waals surface area contributed by atoms with Gasteiger partial charge in [0.25, 0.3) is 0 Å². The van der Waals surface area contributed by atoms with Gasteiger partial charge in [0.1, 0.15) is 0 Å². The van der Waals surface area contributed by atoms with E-state index >= 15 is 0 Å². The monoisotopic (exact) mass is 619 g/mol. The number of rotatable bonds is 37. The van der Waals surface area contributed by atoms with Crippen LogP contribution in [-0.2, 0) is 13.6 Å². The molecule has 0 heterocycles. The van der Waals surface area contributed by atoms with E-state index in [1.807, 2.05) is 0 Å². The van der Waals surface area contributed by atoms with Gasteiger partial charge in [0.05, 0.1) is 13.2 Å². The number of nitrogens with one attached hydrogen (secondary N) is 3. The van der Waals surface area contributed by atoms with Gasteiger partial charge < -0.3 is 16.4 Å². The fourth-order valence-electron chi connectivity index (χ4n) is 5.11. The van der Waals surface area contributed by atoms with E-state index < -0.39 is 7.75 Å². The van der Waals surface area contributed by atoms with Crippen LogP contribution in [0.5, 0.6) is 0 Å². The third-order valence-corrected chi connectivity index (χ3v) is 9.55. The van der Waals surface area contributed by atoms with Gasteiger partial charge in [-0.1, -0.05) is 142 Å². The normalized spacial score (nSPS) is 12.0. The first-order chi connectivity index (χ1) is 20.7. The van der Waals surface area contributed by atoms with E-state index in [1.54, 1.807) is 0 Å². The smallest absolute Gasteiger partial charge is 0.330 e. The van der Waals surface area contributed by atoms with Crippen LogP contribution in [0.3, 0.4) is 0 Å². The number of unbranched alkanes of at least 4 members (excludes halogenated alkanes) is 20. The van der Waals surface area contributed by atoms with E-state index in [0.29, 0.717) is 19.8 Å². The van der Waals surface area contributed by atoms with Crippen molar-refractivity contribution in [2.24, 2.45) is 5.73 Å². The Labute approximate surface area is 263 Å². The van der Waals surface area contributed by atoms with Crippen LogP contribution in [0, 0.1) is 0 Å². The van der Waals surface area contributed by atoms with Crippen molar-refractivity contribution >= 4 is 7.75 Å². The van der Waals surface area contributed by atoms with Crippen LogP contribution in [0.15, 0.2) is 0 Å². The van der Waals surface area contributed by atoms with Crippen LogP contribution in [0.1, 0.15) is 168 Å². The molecule has 0 aliphatic heterocycles.